The fraction of sp³-hybridized carbons (Fsp3) is 0.0476. The maximum atomic E-state index is 5.51. The van der Waals surface area contributed by atoms with E-state index in [2.05, 4.69) is 251 Å². The van der Waals surface area contributed by atoms with Crippen LogP contribution in [0.2, 0.25) is 0 Å². The van der Waals surface area contributed by atoms with Gasteiger partial charge in [0.2, 0.25) is 5.96 Å². The number of nitrogens with one attached hydrogen (secondary N) is 1. The minimum absolute atomic E-state index is 0.380. The molecule has 0 amide bonds. The average Bonchev–Trinajstić information content (AvgIpc) is 3.95. The third kappa shape index (κ3) is 6.78. The van der Waals surface area contributed by atoms with Crippen LogP contribution in [0.1, 0.15) is 35.7 Å². The van der Waals surface area contributed by atoms with Gasteiger partial charge in [-0.2, -0.15) is 4.99 Å². The number of amidine groups is 1. The molecule has 322 valence electrons. The van der Waals surface area contributed by atoms with Crippen LogP contribution >= 0.6 is 0 Å². The van der Waals surface area contributed by atoms with Crippen LogP contribution in [0.4, 0.5) is 0 Å². The molecule has 11 aromatic rings. The summed E-state index contributed by atoms with van der Waals surface area (Å²) in [6, 6.07) is 78.6. The molecule has 1 atom stereocenters. The first kappa shape index (κ1) is 39.6. The summed E-state index contributed by atoms with van der Waals surface area (Å²) in [5.41, 5.74) is 17.2. The third-order valence-electron chi connectivity index (χ3n) is 13.7. The second kappa shape index (κ2) is 16.6. The van der Waals surface area contributed by atoms with Crippen LogP contribution in [0.5, 0.6) is 0 Å². The molecule has 0 saturated heterocycles. The summed E-state index contributed by atoms with van der Waals surface area (Å²) in [4.78, 5) is 10.8. The molecular weight excluding hydrogens is 827 g/mol. The van der Waals surface area contributed by atoms with Gasteiger partial charge in [-0.05, 0) is 81.6 Å². The van der Waals surface area contributed by atoms with E-state index in [0.717, 1.165) is 79.6 Å². The van der Waals surface area contributed by atoms with Crippen LogP contribution in [0.15, 0.2) is 247 Å². The lowest BCUT2D eigenvalue weighted by molar-refractivity contribution is 0.661. The van der Waals surface area contributed by atoms with Crippen molar-refractivity contribution in [1.82, 2.24) is 14.5 Å². The second-order valence-corrected chi connectivity index (χ2v) is 17.7. The highest BCUT2D eigenvalue weighted by molar-refractivity contribution is 6.26. The van der Waals surface area contributed by atoms with Gasteiger partial charge in [-0.1, -0.05) is 212 Å². The van der Waals surface area contributed by atoms with Gasteiger partial charge in [0.25, 0.3) is 0 Å². The van der Waals surface area contributed by atoms with Crippen molar-refractivity contribution in [1.29, 1.82) is 0 Å². The number of allylic oxidation sites excluding steroid dienone is 4. The largest absolute Gasteiger partial charge is 0.330 e. The number of aliphatic imine (C=N–C) groups is 2. The molecule has 1 N–H and O–H groups in total. The zero-order valence-electron chi connectivity index (χ0n) is 37.3. The lowest BCUT2D eigenvalue weighted by Gasteiger charge is -2.25. The topological polar surface area (TPSA) is 46.6 Å². The Morgan fingerprint density at radius 2 is 0.971 bits per heavy atom. The van der Waals surface area contributed by atoms with Crippen molar-refractivity contribution in [3.05, 3.63) is 253 Å². The predicted octanol–water partition coefficient (Wildman–Crippen LogP) is 15.6. The predicted molar refractivity (Wildman–Crippen MR) is 285 cm³/mol. The second-order valence-electron chi connectivity index (χ2n) is 17.7. The molecule has 2 aromatic heterocycles. The lowest BCUT2D eigenvalue weighted by atomic mass is 9.92. The number of hydrogen-bond donors (Lipinski definition) is 1. The van der Waals surface area contributed by atoms with Gasteiger partial charge in [0.1, 0.15) is 6.17 Å². The third-order valence-corrected chi connectivity index (χ3v) is 13.7. The summed E-state index contributed by atoms with van der Waals surface area (Å²) in [6.45, 7) is 0. The molecule has 0 bridgehead atoms. The van der Waals surface area contributed by atoms with Crippen molar-refractivity contribution in [3.8, 4) is 39.1 Å². The SMILES string of the molecule is C1=CCCC(c2ccc(-c3cccc(-c4ccccc4)c3)cc2-n2c3ccccc3c3ccc4c5ccccc5n(C5=NC(c6ccc(-c7ccccc7)cc6)=NC(c6ccccc6)N5)c4c32)=C1. The van der Waals surface area contributed by atoms with E-state index >= 15 is 0 Å². The Labute approximate surface area is 395 Å². The van der Waals surface area contributed by atoms with Crippen molar-refractivity contribution in [2.24, 2.45) is 9.98 Å². The smallest absolute Gasteiger partial charge is 0.212 e. The lowest BCUT2D eigenvalue weighted by Crippen LogP contribution is -2.37. The van der Waals surface area contributed by atoms with Crippen molar-refractivity contribution in [3.63, 3.8) is 0 Å². The maximum absolute atomic E-state index is 5.51. The minimum Gasteiger partial charge on any atom is -0.330 e. The summed E-state index contributed by atoms with van der Waals surface area (Å²) >= 11 is 0. The first-order valence-corrected chi connectivity index (χ1v) is 23.5. The summed E-state index contributed by atoms with van der Waals surface area (Å²) in [7, 11) is 0. The molecule has 9 aromatic carbocycles. The molecule has 1 unspecified atom stereocenters. The molecule has 13 rings (SSSR count). The first-order chi connectivity index (χ1) is 33.7. The Bertz CT molecular complexity index is 3850. The van der Waals surface area contributed by atoms with E-state index in [1.54, 1.807) is 0 Å². The monoisotopic (exact) mass is 871 g/mol. The quantitative estimate of drug-likeness (QED) is 0.170. The highest BCUT2D eigenvalue weighted by Crippen LogP contribution is 2.43. The summed E-state index contributed by atoms with van der Waals surface area (Å²) < 4.78 is 4.90. The van der Waals surface area contributed by atoms with Gasteiger partial charge in [-0.25, -0.2) is 4.99 Å². The van der Waals surface area contributed by atoms with E-state index in [1.807, 2.05) is 0 Å². The van der Waals surface area contributed by atoms with Gasteiger partial charge in [0, 0.05) is 32.7 Å². The van der Waals surface area contributed by atoms with Crippen LogP contribution in [0.3, 0.4) is 0 Å². The van der Waals surface area contributed by atoms with Gasteiger partial charge >= 0.3 is 0 Å². The van der Waals surface area contributed by atoms with Gasteiger partial charge in [-0.15, -0.1) is 0 Å². The summed E-state index contributed by atoms with van der Waals surface area (Å²) in [5, 5.41) is 8.55. The van der Waals surface area contributed by atoms with E-state index in [-0.39, 0.29) is 6.17 Å². The summed E-state index contributed by atoms with van der Waals surface area (Å²) in [6.07, 6.45) is 8.38. The van der Waals surface area contributed by atoms with Crippen LogP contribution in [0.25, 0.3) is 88.3 Å². The average molecular weight is 872 g/mol. The van der Waals surface area contributed by atoms with Gasteiger partial charge in [-0.3, -0.25) is 4.57 Å². The highest BCUT2D eigenvalue weighted by Gasteiger charge is 2.28. The molecule has 0 saturated carbocycles. The van der Waals surface area contributed by atoms with Crippen molar-refractivity contribution in [2.45, 2.75) is 19.0 Å². The molecule has 0 radical (unpaired) electrons. The summed E-state index contributed by atoms with van der Waals surface area (Å²) in [5.74, 6) is 1.40. The number of benzene rings is 9. The van der Waals surface area contributed by atoms with Crippen molar-refractivity contribution >= 4 is 61.0 Å². The first-order valence-electron chi connectivity index (χ1n) is 23.5. The van der Waals surface area contributed by atoms with E-state index in [9.17, 15) is 0 Å². The molecule has 1 aliphatic heterocycles. The highest BCUT2D eigenvalue weighted by atomic mass is 15.3. The molecule has 1 aliphatic carbocycles. The number of para-hydroxylation sites is 2. The Morgan fingerprint density at radius 1 is 0.441 bits per heavy atom. The minimum atomic E-state index is -0.380. The Balaban J connectivity index is 1.08. The molecule has 0 spiro atoms. The van der Waals surface area contributed by atoms with Crippen molar-refractivity contribution < 1.29 is 0 Å². The van der Waals surface area contributed by atoms with Gasteiger partial charge in [0.15, 0.2) is 5.84 Å². The fourth-order valence-corrected chi connectivity index (χ4v) is 10.4. The molecule has 2 aliphatic rings. The zero-order valence-corrected chi connectivity index (χ0v) is 37.3. The molecular formula is C63H45N5. The standard InChI is InChI=1S/C63H45N5/c1-5-18-42(19-6-1)44-32-34-47(35-33-44)62-64-61(46-24-11-4-12-25-46)65-63(66-62)68-57-31-16-14-29-53(57)55-39-38-54-52-28-13-15-30-56(52)67(59(54)60(55)68)58-41-50(36-37-51(58)45-22-9-3-10-23-45)49-27-17-26-48(40-49)43-20-7-2-8-21-43/h1-9,11-22,24-41,61H,10,23H2,(H,64,65,66). The van der Waals surface area contributed by atoms with Crippen LogP contribution in [-0.2, 0) is 0 Å². The number of fused-ring (bicyclic) bond motifs is 7. The molecule has 5 nitrogen and oxygen atoms in total. The fourth-order valence-electron chi connectivity index (χ4n) is 10.4. The normalized spacial score (nSPS) is 14.8. The van der Waals surface area contributed by atoms with Gasteiger partial charge in [0.05, 0.1) is 27.8 Å². The van der Waals surface area contributed by atoms with Gasteiger partial charge < -0.3 is 9.88 Å². The van der Waals surface area contributed by atoms with E-state index < -0.39 is 0 Å². The molecule has 5 heteroatoms. The van der Waals surface area contributed by atoms with E-state index in [4.69, 9.17) is 9.98 Å². The van der Waals surface area contributed by atoms with Crippen molar-refractivity contribution in [2.75, 3.05) is 0 Å². The number of rotatable bonds is 7. The maximum Gasteiger partial charge on any atom is 0.212 e. The van der Waals surface area contributed by atoms with Crippen LogP contribution in [-0.4, -0.2) is 20.9 Å². The Hall–Kier alpha value is -8.80. The molecule has 3 heterocycles. The van der Waals surface area contributed by atoms with Crippen LogP contribution in [0, 0.1) is 0 Å². The van der Waals surface area contributed by atoms with E-state index in [0.29, 0.717) is 5.84 Å². The zero-order chi connectivity index (χ0) is 45.0. The molecule has 68 heavy (non-hydrogen) atoms. The number of aromatic nitrogens is 2. The Morgan fingerprint density at radius 3 is 1.65 bits per heavy atom. The van der Waals surface area contributed by atoms with Crippen LogP contribution < -0.4 is 5.32 Å². The molecule has 0 fully saturated rings. The number of nitrogens with zero attached hydrogens (tertiary/aromatic N) is 4. The number of hydrogen-bond acceptors (Lipinski definition) is 3. The Kier molecular flexibility index (Phi) is 9.64. The van der Waals surface area contributed by atoms with E-state index in [1.165, 1.54) is 44.2 Å².